The molecule has 0 bridgehead atoms. The summed E-state index contributed by atoms with van der Waals surface area (Å²) in [5, 5.41) is 88.2. The molecule has 6 fully saturated rings. The minimum Gasteiger partial charge on any atom is -0.394 e. The number of alkyl halides is 1. The number of aliphatic hydroxyl groups is 9. The van der Waals surface area contributed by atoms with E-state index in [0.29, 0.717) is 52.9 Å². The van der Waals surface area contributed by atoms with Crippen molar-refractivity contribution < 1.29 is 123 Å². The molecule has 6 saturated heterocycles. The van der Waals surface area contributed by atoms with Gasteiger partial charge in [0.15, 0.2) is 39.8 Å². The summed E-state index contributed by atoms with van der Waals surface area (Å²) in [4.78, 5) is 10.9. The predicted octanol–water partition coefficient (Wildman–Crippen LogP) is 6.27. The summed E-state index contributed by atoms with van der Waals surface area (Å²) in [6.45, 7) is 32.9. The molecule has 25 nitrogen and oxygen atoms in total. The first-order chi connectivity index (χ1) is 43.0. The first-order valence-corrected chi connectivity index (χ1v) is 35.0. The molecule has 6 aliphatic rings. The topological polar surface area (TPSA) is 338 Å². The fourth-order valence-corrected chi connectivity index (χ4v) is 11.3. The monoisotopic (exact) mass is 1450 g/mol. The Bertz CT molecular complexity index is 2000. The van der Waals surface area contributed by atoms with Crippen molar-refractivity contribution in [1.29, 1.82) is 0 Å². The molecule has 9 N–H and O–H groups in total. The average molecular weight is 1450 g/mol. The summed E-state index contributed by atoms with van der Waals surface area (Å²) in [6.07, 6.45) is 0.942. The first-order valence-electron chi connectivity index (χ1n) is 32.3. The standard InChI is InChI=1S/C19H34O7S.C17H30O6.C12H22O6.C11H24O6S.C5H9Br.CH4.H2/c1-13(20)27-10-8-6-7-9-22-11-15-17(26-19(4,5)25-15)16(21)14-12-23-18(2,3)24-14;1-6-7-8-9-19-10-13-15(23-17(4,5)22-13)14(18)12-11-20-16(2,3)21-12;1-11(2)15-6-8(17-11)9(14)10-7(5-13)16-12(3,4)18-10;12-6-8(13)10(15)11(16)9(14)7-17-4-2-1-3-5-18;1-2-3-4-5-6;;/h14-17,21H,6-12H2,1-5H3;6,12-15,18H,1,7-11H2,2-5H3;7-10,13-14H,5-6H2,1-4H3;8-16,18H,1-7H2;2H,1,3-5H2;1H4;1H/t14-,15-,16-,17-;12-,13-,14-,15-;7-,8-,9-,10-;8-,9-,10-,11-;;;/m1111.../s1. The smallest absolute Gasteiger partial charge is 0.185 e. The third kappa shape index (κ3) is 35.5. The molecule has 0 aromatic carbocycles. The highest BCUT2D eigenvalue weighted by atomic mass is 79.9. The van der Waals surface area contributed by atoms with Gasteiger partial charge in [-0.3, -0.25) is 4.79 Å². The number of halogens is 1. The van der Waals surface area contributed by atoms with Crippen LogP contribution in [-0.2, 0) is 75.8 Å². The van der Waals surface area contributed by atoms with Crippen molar-refractivity contribution in [2.75, 3.05) is 89.5 Å². The lowest BCUT2D eigenvalue weighted by atomic mass is 10.0. The maximum Gasteiger partial charge on any atom is 0.185 e. The van der Waals surface area contributed by atoms with Crippen molar-refractivity contribution in [3.8, 4) is 0 Å². The van der Waals surface area contributed by atoms with Gasteiger partial charge in [-0.2, -0.15) is 12.6 Å². The largest absolute Gasteiger partial charge is 0.394 e. The van der Waals surface area contributed by atoms with Crippen molar-refractivity contribution >= 4 is 45.4 Å². The highest BCUT2D eigenvalue weighted by Crippen LogP contribution is 2.37. The van der Waals surface area contributed by atoms with Gasteiger partial charge in [-0.25, -0.2) is 0 Å². The van der Waals surface area contributed by atoms with Crippen molar-refractivity contribution in [2.45, 2.75) is 294 Å². The van der Waals surface area contributed by atoms with E-state index in [4.69, 9.17) is 81.3 Å². The molecule has 93 heavy (non-hydrogen) atoms. The minimum atomic E-state index is -1.60. The molecule has 6 heterocycles. The average Bonchev–Trinajstić information content (AvgIpc) is 1.67. The Morgan fingerprint density at radius 1 is 0.538 bits per heavy atom. The van der Waals surface area contributed by atoms with Crippen LogP contribution in [0.15, 0.2) is 25.3 Å². The molecule has 16 atom stereocenters. The Labute approximate surface area is 574 Å². The van der Waals surface area contributed by atoms with Gasteiger partial charge < -0.3 is 117 Å². The van der Waals surface area contributed by atoms with Gasteiger partial charge in [0.05, 0.1) is 52.9 Å². The molecule has 6 aliphatic heterocycles. The number of thioether (sulfide) groups is 1. The van der Waals surface area contributed by atoms with Crippen LogP contribution in [0.25, 0.3) is 0 Å². The van der Waals surface area contributed by atoms with Gasteiger partial charge in [0.25, 0.3) is 0 Å². The van der Waals surface area contributed by atoms with Crippen LogP contribution < -0.4 is 0 Å². The molecule has 0 saturated carbocycles. The Kier molecular flexibility index (Phi) is 44.0. The molecule has 0 amide bonds. The Balaban J connectivity index is 0.00000120. The second kappa shape index (κ2) is 45.3. The van der Waals surface area contributed by atoms with Crippen LogP contribution in [0, 0.1) is 0 Å². The molecule has 0 unspecified atom stereocenters. The summed E-state index contributed by atoms with van der Waals surface area (Å²) in [5.74, 6) is -2.74. The molecule has 0 spiro atoms. The van der Waals surface area contributed by atoms with Crippen molar-refractivity contribution in [3.63, 3.8) is 0 Å². The third-order valence-corrected chi connectivity index (χ3v) is 16.5. The van der Waals surface area contributed by atoms with Crippen molar-refractivity contribution in [1.82, 2.24) is 0 Å². The predicted molar refractivity (Wildman–Crippen MR) is 361 cm³/mol. The van der Waals surface area contributed by atoms with E-state index >= 15 is 0 Å². The summed E-state index contributed by atoms with van der Waals surface area (Å²) in [6, 6.07) is 0. The highest BCUT2D eigenvalue weighted by molar-refractivity contribution is 9.09. The van der Waals surface area contributed by atoms with Gasteiger partial charge in [0.1, 0.15) is 97.7 Å². The van der Waals surface area contributed by atoms with Crippen LogP contribution in [0.2, 0.25) is 0 Å². The minimum absolute atomic E-state index is 0. The Morgan fingerprint density at radius 2 is 0.914 bits per heavy atom. The lowest BCUT2D eigenvalue weighted by Gasteiger charge is -2.27. The number of rotatable bonds is 35. The van der Waals surface area contributed by atoms with Crippen LogP contribution in [0.5, 0.6) is 0 Å². The fourth-order valence-electron chi connectivity index (χ4n) is 10.2. The van der Waals surface area contributed by atoms with Gasteiger partial charge in [0.2, 0.25) is 0 Å². The maximum atomic E-state index is 10.9. The molecular weight excluding hydrogens is 1320 g/mol. The normalized spacial score (nSPS) is 29.0. The summed E-state index contributed by atoms with van der Waals surface area (Å²) >= 11 is 8.74. The number of carbonyl (C=O) groups is 1. The number of allylic oxidation sites excluding steroid dienone is 2. The van der Waals surface area contributed by atoms with Gasteiger partial charge in [-0.15, -0.1) is 13.2 Å². The second-order valence-electron chi connectivity index (χ2n) is 25.9. The van der Waals surface area contributed by atoms with Crippen molar-refractivity contribution in [3.05, 3.63) is 25.3 Å². The lowest BCUT2D eigenvalue weighted by Crippen LogP contribution is -2.47. The van der Waals surface area contributed by atoms with Crippen LogP contribution >= 0.6 is 40.3 Å². The molecule has 0 aromatic heterocycles. The summed E-state index contributed by atoms with van der Waals surface area (Å²) in [5.41, 5.74) is 0. The number of thiol groups is 1. The van der Waals surface area contributed by atoms with E-state index in [1.165, 1.54) is 18.2 Å². The van der Waals surface area contributed by atoms with Gasteiger partial charge in [-0.1, -0.05) is 60.1 Å². The summed E-state index contributed by atoms with van der Waals surface area (Å²) < 4.78 is 84.9. The summed E-state index contributed by atoms with van der Waals surface area (Å²) in [7, 11) is 0. The Morgan fingerprint density at radius 3 is 1.27 bits per heavy atom. The first kappa shape index (κ1) is 90.4. The zero-order valence-corrected chi connectivity index (χ0v) is 60.4. The van der Waals surface area contributed by atoms with Crippen LogP contribution in [-0.4, -0.2) is 273 Å². The highest BCUT2D eigenvalue weighted by Gasteiger charge is 2.53. The third-order valence-electron chi connectivity index (χ3n) is 14.7. The SMILES string of the molecule is C.C=CCCCBr.C=CCCCOC[C@H]1OC(C)(C)O[C@H]1[C@H](O)[C@H]1COC(C)(C)O1.CC(=O)SCCCCCOC[C@H]1OC(C)(C)O[C@H]1[C@H](O)[C@H]1COC(C)(C)O1.CC1(C)OC[C@H]([C@@H](O)[C@@H]2OC(C)(C)O[C@@H]2CO)O1.OC[C@@H](O)[C@@H](O)[C@H](O)[C@H](O)COCCCCCS.[HH]. The van der Waals surface area contributed by atoms with Crippen molar-refractivity contribution in [2.24, 2.45) is 0 Å². The van der Waals surface area contributed by atoms with E-state index < -0.39 is 127 Å². The molecule has 0 aliphatic carbocycles. The van der Waals surface area contributed by atoms with E-state index in [9.17, 15) is 40.5 Å². The second-order valence-corrected chi connectivity index (χ2v) is 28.4. The maximum absolute atomic E-state index is 10.9. The van der Waals surface area contributed by atoms with Gasteiger partial charge >= 0.3 is 0 Å². The number of ether oxygens (including phenoxy) is 15. The number of aliphatic hydroxyl groups excluding tert-OH is 9. The zero-order valence-electron chi connectivity index (χ0n) is 57.1. The lowest BCUT2D eigenvalue weighted by molar-refractivity contribution is -0.179. The zero-order chi connectivity index (χ0) is 69.5. The molecular formula is C65H125BrO25S2. The van der Waals surface area contributed by atoms with Crippen LogP contribution in [0.4, 0.5) is 0 Å². The fraction of sp³-hybridized carbons (Fsp3) is 0.923. The van der Waals surface area contributed by atoms with E-state index in [0.717, 1.165) is 74.6 Å². The van der Waals surface area contributed by atoms with E-state index in [-0.39, 0.29) is 39.4 Å². The van der Waals surface area contributed by atoms with E-state index in [1.807, 2.05) is 67.5 Å². The Hall–Kier alpha value is -0.630. The molecule has 0 radical (unpaired) electrons. The van der Waals surface area contributed by atoms with Crippen LogP contribution in [0.3, 0.4) is 0 Å². The van der Waals surface area contributed by atoms with E-state index in [1.54, 1.807) is 34.6 Å². The number of unbranched alkanes of at least 4 members (excludes halogenated alkanes) is 6. The molecule has 554 valence electrons. The molecule has 6 rings (SSSR count). The van der Waals surface area contributed by atoms with Gasteiger partial charge in [-0.05, 0) is 140 Å². The number of carbonyl (C=O) groups excluding carboxylic acids is 1. The number of hydrogen-bond donors (Lipinski definition) is 10. The molecule has 0 aromatic rings. The van der Waals surface area contributed by atoms with Gasteiger partial charge in [0, 0.05) is 39.3 Å². The van der Waals surface area contributed by atoms with E-state index in [2.05, 4.69) is 41.7 Å². The molecule has 28 heteroatoms. The number of hydrogen-bond acceptors (Lipinski definition) is 27. The van der Waals surface area contributed by atoms with Crippen LogP contribution in [0.1, 0.15) is 163 Å². The quantitative estimate of drug-likeness (QED) is 0.0145.